The van der Waals surface area contributed by atoms with E-state index in [9.17, 15) is 4.79 Å². The van der Waals surface area contributed by atoms with Crippen LogP contribution in [-0.4, -0.2) is 39.7 Å². The molecule has 0 radical (unpaired) electrons. The Balaban J connectivity index is 2.65. The highest BCUT2D eigenvalue weighted by atomic mass is 16.5. The number of rotatable bonds is 5. The Labute approximate surface area is 107 Å². The van der Waals surface area contributed by atoms with Gasteiger partial charge in [-0.1, -0.05) is 0 Å². The molecule has 18 heavy (non-hydrogen) atoms. The van der Waals surface area contributed by atoms with E-state index in [2.05, 4.69) is 5.10 Å². The molecule has 0 bridgehead atoms. The molecule has 0 aromatic carbocycles. The summed E-state index contributed by atoms with van der Waals surface area (Å²) in [5.74, 6) is -0.773. The van der Waals surface area contributed by atoms with Crippen LogP contribution in [0.25, 0.3) is 0 Å². The summed E-state index contributed by atoms with van der Waals surface area (Å²) in [7, 11) is 1.65. The molecule has 1 heterocycles. The standard InChI is InChI=1S/C12H20N2O4/c1-8-9(11(15)16)10(14(5)13-8)17-6-7-18-12(2,3)4/h6-7H2,1-5H3,(H,15,16). The number of nitrogens with zero attached hydrogens (tertiary/aromatic N) is 2. The Kier molecular flexibility index (Phi) is 4.34. The number of ether oxygens (including phenoxy) is 2. The van der Waals surface area contributed by atoms with Crippen molar-refractivity contribution < 1.29 is 19.4 Å². The van der Waals surface area contributed by atoms with Crippen molar-refractivity contribution in [2.24, 2.45) is 7.05 Å². The fourth-order valence-electron chi connectivity index (χ4n) is 1.53. The van der Waals surface area contributed by atoms with Crippen LogP contribution in [0.4, 0.5) is 0 Å². The number of aryl methyl sites for hydroxylation is 2. The minimum absolute atomic E-state index is 0.105. The largest absolute Gasteiger partial charge is 0.477 e. The van der Waals surface area contributed by atoms with E-state index in [-0.39, 0.29) is 23.7 Å². The fraction of sp³-hybridized carbons (Fsp3) is 0.667. The third kappa shape index (κ3) is 3.73. The Hall–Kier alpha value is -1.56. The van der Waals surface area contributed by atoms with E-state index in [4.69, 9.17) is 14.6 Å². The van der Waals surface area contributed by atoms with Crippen LogP contribution in [0.2, 0.25) is 0 Å². The molecule has 1 aromatic rings. The summed E-state index contributed by atoms with van der Waals surface area (Å²) >= 11 is 0. The molecule has 0 spiro atoms. The van der Waals surface area contributed by atoms with Gasteiger partial charge in [0.05, 0.1) is 17.9 Å². The van der Waals surface area contributed by atoms with Gasteiger partial charge in [-0.05, 0) is 27.7 Å². The summed E-state index contributed by atoms with van der Waals surface area (Å²) in [5.41, 5.74) is 0.312. The van der Waals surface area contributed by atoms with Gasteiger partial charge in [-0.15, -0.1) is 0 Å². The van der Waals surface area contributed by atoms with Crippen LogP contribution in [0.3, 0.4) is 0 Å². The Morgan fingerprint density at radius 2 is 2.00 bits per heavy atom. The quantitative estimate of drug-likeness (QED) is 0.810. The average molecular weight is 256 g/mol. The number of aromatic carboxylic acids is 1. The van der Waals surface area contributed by atoms with E-state index in [0.717, 1.165) is 0 Å². The third-order valence-electron chi connectivity index (χ3n) is 2.24. The average Bonchev–Trinajstić information content (AvgIpc) is 2.46. The first-order valence-corrected chi connectivity index (χ1v) is 5.76. The maximum absolute atomic E-state index is 11.1. The highest BCUT2D eigenvalue weighted by Crippen LogP contribution is 2.21. The number of carboxylic acids is 1. The molecule has 6 nitrogen and oxygen atoms in total. The summed E-state index contributed by atoms with van der Waals surface area (Å²) in [6.07, 6.45) is 0. The lowest BCUT2D eigenvalue weighted by Gasteiger charge is -2.19. The first kappa shape index (κ1) is 14.5. The maximum atomic E-state index is 11.1. The molecular formula is C12H20N2O4. The number of carboxylic acid groups (broad SMARTS) is 1. The van der Waals surface area contributed by atoms with Crippen LogP contribution < -0.4 is 4.74 Å². The van der Waals surface area contributed by atoms with Crippen molar-refractivity contribution in [2.75, 3.05) is 13.2 Å². The molecule has 1 aromatic heterocycles. The molecular weight excluding hydrogens is 236 g/mol. The van der Waals surface area contributed by atoms with Gasteiger partial charge in [-0.25, -0.2) is 9.48 Å². The van der Waals surface area contributed by atoms with Gasteiger partial charge < -0.3 is 14.6 Å². The monoisotopic (exact) mass is 256 g/mol. The molecule has 0 aliphatic carbocycles. The summed E-state index contributed by atoms with van der Waals surface area (Å²) in [4.78, 5) is 11.1. The summed E-state index contributed by atoms with van der Waals surface area (Å²) in [6.45, 7) is 8.17. The van der Waals surface area contributed by atoms with Gasteiger partial charge in [0, 0.05) is 7.05 Å². The minimum Gasteiger partial charge on any atom is -0.477 e. The lowest BCUT2D eigenvalue weighted by Crippen LogP contribution is -2.23. The van der Waals surface area contributed by atoms with Crippen molar-refractivity contribution in [1.29, 1.82) is 0 Å². The molecule has 0 aliphatic rings. The van der Waals surface area contributed by atoms with E-state index in [1.165, 1.54) is 4.68 Å². The minimum atomic E-state index is -1.03. The molecule has 1 N–H and O–H groups in total. The van der Waals surface area contributed by atoms with Crippen LogP contribution in [0, 0.1) is 6.92 Å². The van der Waals surface area contributed by atoms with Gasteiger partial charge in [0.1, 0.15) is 12.2 Å². The Morgan fingerprint density at radius 1 is 1.39 bits per heavy atom. The van der Waals surface area contributed by atoms with E-state index >= 15 is 0 Å². The van der Waals surface area contributed by atoms with Gasteiger partial charge >= 0.3 is 5.97 Å². The van der Waals surface area contributed by atoms with Crippen molar-refractivity contribution in [3.63, 3.8) is 0 Å². The molecule has 0 saturated carbocycles. The number of hydrogen-bond acceptors (Lipinski definition) is 4. The zero-order valence-electron chi connectivity index (χ0n) is 11.5. The SMILES string of the molecule is Cc1nn(C)c(OCCOC(C)(C)C)c1C(=O)O. The van der Waals surface area contributed by atoms with Crippen LogP contribution in [0.1, 0.15) is 36.8 Å². The van der Waals surface area contributed by atoms with E-state index in [1.807, 2.05) is 20.8 Å². The van der Waals surface area contributed by atoms with Crippen molar-refractivity contribution in [3.05, 3.63) is 11.3 Å². The van der Waals surface area contributed by atoms with Crippen molar-refractivity contribution >= 4 is 5.97 Å². The molecule has 0 aliphatic heterocycles. The molecule has 0 unspecified atom stereocenters. The normalized spacial score (nSPS) is 11.6. The molecule has 0 fully saturated rings. The van der Waals surface area contributed by atoms with Crippen LogP contribution in [0.15, 0.2) is 0 Å². The lowest BCUT2D eigenvalue weighted by atomic mass is 10.2. The van der Waals surface area contributed by atoms with Crippen LogP contribution >= 0.6 is 0 Å². The predicted octanol–water partition coefficient (Wildman–Crippen LogP) is 1.62. The Morgan fingerprint density at radius 3 is 2.50 bits per heavy atom. The van der Waals surface area contributed by atoms with Crippen LogP contribution in [0.5, 0.6) is 5.88 Å². The van der Waals surface area contributed by atoms with E-state index in [1.54, 1.807) is 14.0 Å². The van der Waals surface area contributed by atoms with Crippen LogP contribution in [-0.2, 0) is 11.8 Å². The summed E-state index contributed by atoms with van der Waals surface area (Å²) in [5, 5.41) is 13.1. The highest BCUT2D eigenvalue weighted by Gasteiger charge is 2.21. The highest BCUT2D eigenvalue weighted by molar-refractivity contribution is 5.91. The lowest BCUT2D eigenvalue weighted by molar-refractivity contribution is -0.0174. The second-order valence-electron chi connectivity index (χ2n) is 5.00. The summed E-state index contributed by atoms with van der Waals surface area (Å²) in [6, 6.07) is 0. The Bertz CT molecular complexity index is 432. The second kappa shape index (κ2) is 5.39. The first-order valence-electron chi connectivity index (χ1n) is 5.76. The second-order valence-corrected chi connectivity index (χ2v) is 5.00. The summed E-state index contributed by atoms with van der Waals surface area (Å²) < 4.78 is 12.4. The molecule has 1 rings (SSSR count). The van der Waals surface area contributed by atoms with Crippen molar-refractivity contribution in [1.82, 2.24) is 9.78 Å². The zero-order chi connectivity index (χ0) is 13.9. The maximum Gasteiger partial charge on any atom is 0.343 e. The predicted molar refractivity (Wildman–Crippen MR) is 66.1 cm³/mol. The molecule has 0 saturated heterocycles. The molecule has 6 heteroatoms. The zero-order valence-corrected chi connectivity index (χ0v) is 11.5. The molecule has 0 atom stereocenters. The molecule has 0 amide bonds. The first-order chi connectivity index (χ1) is 8.22. The number of carbonyl (C=O) groups is 1. The third-order valence-corrected chi connectivity index (χ3v) is 2.24. The topological polar surface area (TPSA) is 73.6 Å². The smallest absolute Gasteiger partial charge is 0.343 e. The number of hydrogen-bond donors (Lipinski definition) is 1. The van der Waals surface area contributed by atoms with Crippen molar-refractivity contribution in [3.8, 4) is 5.88 Å². The van der Waals surface area contributed by atoms with Gasteiger partial charge in [0.25, 0.3) is 0 Å². The van der Waals surface area contributed by atoms with Gasteiger partial charge in [0.2, 0.25) is 5.88 Å². The fourth-order valence-corrected chi connectivity index (χ4v) is 1.53. The number of aromatic nitrogens is 2. The van der Waals surface area contributed by atoms with Gasteiger partial charge in [-0.3, -0.25) is 0 Å². The van der Waals surface area contributed by atoms with Gasteiger partial charge in [0.15, 0.2) is 0 Å². The molecule has 102 valence electrons. The van der Waals surface area contributed by atoms with Crippen molar-refractivity contribution in [2.45, 2.75) is 33.3 Å². The van der Waals surface area contributed by atoms with Gasteiger partial charge in [-0.2, -0.15) is 5.10 Å². The van der Waals surface area contributed by atoms with E-state index in [0.29, 0.717) is 12.3 Å². The van der Waals surface area contributed by atoms with E-state index < -0.39 is 5.97 Å².